The smallest absolute Gasteiger partial charge is 0.254 e. The molecule has 8 heteroatoms. The standard InChI is InChI=1S/C18H21N3O4S/c1-13(17(22)19-12-14-8-4-3-5-9-14)20-18(23)15-10-6-7-11-16(15)21-26(2,24)25/h3-11,13,21H,12H2,1-2H3,(H,19,22)(H,20,23). The monoisotopic (exact) mass is 375 g/mol. The molecule has 0 saturated heterocycles. The Morgan fingerprint density at radius 1 is 1.00 bits per heavy atom. The molecule has 2 aromatic rings. The second-order valence-corrected chi connectivity index (χ2v) is 7.57. The molecule has 0 heterocycles. The Bertz CT molecular complexity index is 882. The Balaban J connectivity index is 1.99. The van der Waals surface area contributed by atoms with Crippen LogP contribution in [0.25, 0.3) is 0 Å². The minimum absolute atomic E-state index is 0.139. The number of hydrogen-bond acceptors (Lipinski definition) is 4. The van der Waals surface area contributed by atoms with Crippen molar-refractivity contribution in [3.63, 3.8) is 0 Å². The molecule has 2 amide bonds. The number of hydrogen-bond donors (Lipinski definition) is 3. The van der Waals surface area contributed by atoms with Gasteiger partial charge < -0.3 is 10.6 Å². The number of para-hydroxylation sites is 1. The van der Waals surface area contributed by atoms with Crippen LogP contribution in [0.2, 0.25) is 0 Å². The number of carbonyl (C=O) groups excluding carboxylic acids is 2. The number of carbonyl (C=O) groups is 2. The summed E-state index contributed by atoms with van der Waals surface area (Å²) >= 11 is 0. The maximum absolute atomic E-state index is 12.4. The highest BCUT2D eigenvalue weighted by molar-refractivity contribution is 7.92. The van der Waals surface area contributed by atoms with E-state index in [0.717, 1.165) is 11.8 Å². The van der Waals surface area contributed by atoms with Crippen molar-refractivity contribution in [3.05, 3.63) is 65.7 Å². The van der Waals surface area contributed by atoms with Crippen molar-refractivity contribution in [1.29, 1.82) is 0 Å². The lowest BCUT2D eigenvalue weighted by Gasteiger charge is -2.16. The second-order valence-electron chi connectivity index (χ2n) is 5.82. The zero-order valence-electron chi connectivity index (χ0n) is 14.5. The van der Waals surface area contributed by atoms with Gasteiger partial charge in [-0.3, -0.25) is 14.3 Å². The van der Waals surface area contributed by atoms with Crippen molar-refractivity contribution in [2.45, 2.75) is 19.5 Å². The molecular weight excluding hydrogens is 354 g/mol. The molecule has 0 aromatic heterocycles. The summed E-state index contributed by atoms with van der Waals surface area (Å²) in [6.07, 6.45) is 1.00. The number of sulfonamides is 1. The van der Waals surface area contributed by atoms with Gasteiger partial charge in [-0.1, -0.05) is 42.5 Å². The molecule has 138 valence electrons. The topological polar surface area (TPSA) is 104 Å². The van der Waals surface area contributed by atoms with Crippen LogP contribution in [0, 0.1) is 0 Å². The molecule has 3 N–H and O–H groups in total. The van der Waals surface area contributed by atoms with Crippen molar-refractivity contribution in [2.75, 3.05) is 11.0 Å². The SMILES string of the molecule is CC(NC(=O)c1ccccc1NS(C)(=O)=O)C(=O)NCc1ccccc1. The van der Waals surface area contributed by atoms with Crippen LogP contribution in [0.1, 0.15) is 22.8 Å². The molecular formula is C18H21N3O4S. The lowest BCUT2D eigenvalue weighted by molar-refractivity contribution is -0.122. The highest BCUT2D eigenvalue weighted by Crippen LogP contribution is 2.16. The van der Waals surface area contributed by atoms with Crippen LogP contribution < -0.4 is 15.4 Å². The highest BCUT2D eigenvalue weighted by Gasteiger charge is 2.19. The maximum Gasteiger partial charge on any atom is 0.254 e. The number of rotatable bonds is 7. The van der Waals surface area contributed by atoms with Crippen LogP contribution in [0.5, 0.6) is 0 Å². The van der Waals surface area contributed by atoms with Crippen molar-refractivity contribution in [2.24, 2.45) is 0 Å². The molecule has 1 atom stereocenters. The molecule has 0 fully saturated rings. The van der Waals surface area contributed by atoms with Crippen molar-refractivity contribution in [1.82, 2.24) is 10.6 Å². The summed E-state index contributed by atoms with van der Waals surface area (Å²) in [5.74, 6) is -0.880. The summed E-state index contributed by atoms with van der Waals surface area (Å²) in [6, 6.07) is 14.8. The van der Waals surface area contributed by atoms with E-state index in [1.807, 2.05) is 30.3 Å². The lowest BCUT2D eigenvalue weighted by Crippen LogP contribution is -2.44. The molecule has 0 bridgehead atoms. The summed E-state index contributed by atoms with van der Waals surface area (Å²) in [5.41, 5.74) is 1.24. The van der Waals surface area contributed by atoms with Crippen LogP contribution in [0.3, 0.4) is 0 Å². The summed E-state index contributed by atoms with van der Waals surface area (Å²) < 4.78 is 25.1. The van der Waals surface area contributed by atoms with Gasteiger partial charge in [0.1, 0.15) is 6.04 Å². The third-order valence-corrected chi connectivity index (χ3v) is 4.11. The molecule has 0 spiro atoms. The normalized spacial score (nSPS) is 12.1. The average Bonchev–Trinajstić information content (AvgIpc) is 2.59. The Kier molecular flexibility index (Phi) is 6.35. The molecule has 0 radical (unpaired) electrons. The first-order chi connectivity index (χ1) is 12.3. The maximum atomic E-state index is 12.4. The van der Waals surface area contributed by atoms with Gasteiger partial charge in [0.2, 0.25) is 15.9 Å². The van der Waals surface area contributed by atoms with Crippen LogP contribution >= 0.6 is 0 Å². The van der Waals surface area contributed by atoms with Crippen LogP contribution in [0.15, 0.2) is 54.6 Å². The summed E-state index contributed by atoms with van der Waals surface area (Å²) in [6.45, 7) is 1.91. The van der Waals surface area contributed by atoms with Gasteiger partial charge in [0.25, 0.3) is 5.91 Å². The van der Waals surface area contributed by atoms with E-state index in [2.05, 4.69) is 15.4 Å². The van der Waals surface area contributed by atoms with Gasteiger partial charge in [0, 0.05) is 6.54 Å². The molecule has 26 heavy (non-hydrogen) atoms. The quantitative estimate of drug-likeness (QED) is 0.682. The average molecular weight is 375 g/mol. The first-order valence-corrected chi connectivity index (χ1v) is 9.85. The number of amides is 2. The van der Waals surface area contributed by atoms with Crippen LogP contribution in [-0.2, 0) is 21.4 Å². The van der Waals surface area contributed by atoms with Gasteiger partial charge in [-0.05, 0) is 24.6 Å². The van der Waals surface area contributed by atoms with Gasteiger partial charge in [-0.25, -0.2) is 8.42 Å². The summed E-state index contributed by atoms with van der Waals surface area (Å²) in [4.78, 5) is 24.6. The Morgan fingerprint density at radius 2 is 1.62 bits per heavy atom. The van der Waals surface area contributed by atoms with E-state index in [1.54, 1.807) is 19.1 Å². The Hall–Kier alpha value is -2.87. The second kappa shape index (κ2) is 8.48. The molecule has 0 saturated carbocycles. The molecule has 7 nitrogen and oxygen atoms in total. The first kappa shape index (κ1) is 19.5. The Labute approximate surface area is 152 Å². The van der Waals surface area contributed by atoms with E-state index in [-0.39, 0.29) is 17.2 Å². The van der Waals surface area contributed by atoms with Crippen molar-refractivity contribution < 1.29 is 18.0 Å². The van der Waals surface area contributed by atoms with E-state index < -0.39 is 22.0 Å². The molecule has 0 aliphatic heterocycles. The number of anilines is 1. The van der Waals surface area contributed by atoms with Gasteiger partial charge in [-0.2, -0.15) is 0 Å². The molecule has 0 aliphatic carbocycles. The predicted molar refractivity (Wildman–Crippen MR) is 100 cm³/mol. The van der Waals surface area contributed by atoms with Gasteiger partial charge in [0.15, 0.2) is 0 Å². The summed E-state index contributed by atoms with van der Waals surface area (Å²) in [5, 5.41) is 5.32. The highest BCUT2D eigenvalue weighted by atomic mass is 32.2. The molecule has 2 rings (SSSR count). The third-order valence-electron chi connectivity index (χ3n) is 3.52. The summed E-state index contributed by atoms with van der Waals surface area (Å²) in [7, 11) is -3.53. The number of benzene rings is 2. The fraction of sp³-hybridized carbons (Fsp3) is 0.222. The zero-order chi connectivity index (χ0) is 19.2. The number of nitrogens with one attached hydrogen (secondary N) is 3. The van der Waals surface area contributed by atoms with Crippen molar-refractivity contribution in [3.8, 4) is 0 Å². The van der Waals surface area contributed by atoms with Gasteiger partial charge >= 0.3 is 0 Å². The molecule has 2 aromatic carbocycles. The van der Waals surface area contributed by atoms with E-state index in [9.17, 15) is 18.0 Å². The molecule has 1 unspecified atom stereocenters. The van der Waals surface area contributed by atoms with E-state index >= 15 is 0 Å². The third kappa shape index (κ3) is 5.89. The fourth-order valence-corrected chi connectivity index (χ4v) is 2.83. The fourth-order valence-electron chi connectivity index (χ4n) is 2.25. The van der Waals surface area contributed by atoms with Crippen LogP contribution in [-0.4, -0.2) is 32.5 Å². The van der Waals surface area contributed by atoms with Crippen LogP contribution in [0.4, 0.5) is 5.69 Å². The zero-order valence-corrected chi connectivity index (χ0v) is 15.3. The van der Waals surface area contributed by atoms with E-state index in [1.165, 1.54) is 12.1 Å². The molecule has 0 aliphatic rings. The lowest BCUT2D eigenvalue weighted by atomic mass is 10.1. The first-order valence-electron chi connectivity index (χ1n) is 7.95. The van der Waals surface area contributed by atoms with E-state index in [0.29, 0.717) is 6.54 Å². The Morgan fingerprint density at radius 3 is 2.27 bits per heavy atom. The van der Waals surface area contributed by atoms with Gasteiger partial charge in [0.05, 0.1) is 17.5 Å². The van der Waals surface area contributed by atoms with Gasteiger partial charge in [-0.15, -0.1) is 0 Å². The van der Waals surface area contributed by atoms with Crippen molar-refractivity contribution >= 4 is 27.5 Å². The predicted octanol–water partition coefficient (Wildman–Crippen LogP) is 1.49. The minimum Gasteiger partial charge on any atom is -0.350 e. The largest absolute Gasteiger partial charge is 0.350 e. The minimum atomic E-state index is -3.53. The van der Waals surface area contributed by atoms with E-state index in [4.69, 9.17) is 0 Å².